The number of imidazole rings is 1. The monoisotopic (exact) mass is 534 g/mol. The third kappa shape index (κ3) is 4.94. The summed E-state index contributed by atoms with van der Waals surface area (Å²) < 4.78 is 7.35. The first kappa shape index (κ1) is 25.1. The van der Waals surface area contributed by atoms with Crippen molar-refractivity contribution in [2.24, 2.45) is 16.1 Å². The van der Waals surface area contributed by atoms with E-state index in [4.69, 9.17) is 15.0 Å². The molecule has 40 heavy (non-hydrogen) atoms. The van der Waals surface area contributed by atoms with Crippen LogP contribution in [0.4, 0.5) is 11.6 Å². The molecule has 1 aliphatic rings. The zero-order chi connectivity index (χ0) is 27.5. The van der Waals surface area contributed by atoms with E-state index in [0.717, 1.165) is 48.0 Å². The number of nitrogens with one attached hydrogen (secondary N) is 1. The topological polar surface area (TPSA) is 145 Å². The number of aromatic hydroxyl groups is 1. The molecule has 1 aliphatic heterocycles. The lowest BCUT2D eigenvalue weighted by atomic mass is 9.95. The van der Waals surface area contributed by atoms with E-state index in [0.29, 0.717) is 29.5 Å². The highest BCUT2D eigenvalue weighted by molar-refractivity contribution is 6.02. The number of fused-ring (bicyclic) bond motifs is 3. The second-order valence-electron chi connectivity index (χ2n) is 9.68. The van der Waals surface area contributed by atoms with Crippen molar-refractivity contribution in [2.45, 2.75) is 25.9 Å². The third-order valence-electron chi connectivity index (χ3n) is 7.08. The molecule has 11 nitrogen and oxygen atoms in total. The fourth-order valence-corrected chi connectivity index (χ4v) is 4.98. The molecule has 0 saturated carbocycles. The van der Waals surface area contributed by atoms with Crippen LogP contribution in [0, 0.1) is 17.2 Å². The highest BCUT2D eigenvalue weighted by Gasteiger charge is 2.25. The number of nitrogens with zero attached hydrogens (tertiary/aromatic N) is 7. The molecule has 1 fully saturated rings. The third-order valence-corrected chi connectivity index (χ3v) is 7.08. The first-order chi connectivity index (χ1) is 19.6. The maximum Gasteiger partial charge on any atom is 0.342 e. The second kappa shape index (κ2) is 10.9. The molecule has 0 spiro atoms. The first-order valence-corrected chi connectivity index (χ1v) is 13.0. The van der Waals surface area contributed by atoms with Crippen LogP contribution in [-0.4, -0.2) is 43.8 Å². The van der Waals surface area contributed by atoms with Crippen molar-refractivity contribution in [1.29, 1.82) is 5.26 Å². The Hall–Kier alpha value is -5.24. The Morgan fingerprint density at radius 3 is 2.77 bits per heavy atom. The average Bonchev–Trinajstić information content (AvgIpc) is 3.61. The summed E-state index contributed by atoms with van der Waals surface area (Å²) in [5.41, 5.74) is 3.49. The van der Waals surface area contributed by atoms with Crippen LogP contribution in [0.25, 0.3) is 22.1 Å². The SMILES string of the molecule is N#CCC1CCN(n2c(N=Nc3ccc(O)c(C(=O)OCc4ccccc4)c3)nc3cnc4[nH]ccc4c32)CC1. The number of esters is 1. The molecule has 0 atom stereocenters. The summed E-state index contributed by atoms with van der Waals surface area (Å²) in [6.45, 7) is 1.57. The lowest BCUT2D eigenvalue weighted by Crippen LogP contribution is -2.41. The Morgan fingerprint density at radius 1 is 1.15 bits per heavy atom. The quantitative estimate of drug-likeness (QED) is 0.203. The number of hydrogen-bond acceptors (Lipinski definition) is 9. The average molecular weight is 535 g/mol. The zero-order valence-corrected chi connectivity index (χ0v) is 21.6. The summed E-state index contributed by atoms with van der Waals surface area (Å²) in [7, 11) is 0. The molecule has 200 valence electrons. The van der Waals surface area contributed by atoms with Crippen LogP contribution >= 0.6 is 0 Å². The Bertz CT molecular complexity index is 1740. The second-order valence-corrected chi connectivity index (χ2v) is 9.68. The molecule has 2 N–H and O–H groups in total. The van der Waals surface area contributed by atoms with Gasteiger partial charge in [-0.3, -0.25) is 0 Å². The van der Waals surface area contributed by atoms with Gasteiger partial charge in [-0.05, 0) is 48.6 Å². The smallest absolute Gasteiger partial charge is 0.342 e. The number of H-pyrrole nitrogens is 1. The summed E-state index contributed by atoms with van der Waals surface area (Å²) in [5, 5.41) is 31.4. The van der Waals surface area contributed by atoms with E-state index in [1.54, 1.807) is 12.3 Å². The van der Waals surface area contributed by atoms with Gasteiger partial charge in [0.15, 0.2) is 0 Å². The van der Waals surface area contributed by atoms with Crippen molar-refractivity contribution in [1.82, 2.24) is 19.6 Å². The standard InChI is InChI=1S/C29H26N8O3/c30-12-8-19-10-14-36(15-11-19)37-26-22-9-13-31-27(22)32-17-24(26)33-29(37)35-34-21-6-7-25(38)23(16-21)28(39)40-18-20-4-2-1-3-5-20/h1-7,9,13,16-17,19,38H,8,10-11,14-15,18H2,(H,31,32). The molecule has 6 rings (SSSR count). The number of hydrogen-bond donors (Lipinski definition) is 2. The molecule has 0 radical (unpaired) electrons. The van der Waals surface area contributed by atoms with Gasteiger partial charge in [-0.2, -0.15) is 5.26 Å². The molecule has 2 aromatic carbocycles. The minimum atomic E-state index is -0.660. The van der Waals surface area contributed by atoms with E-state index < -0.39 is 5.97 Å². The number of carbonyl (C=O) groups is 1. The van der Waals surface area contributed by atoms with Gasteiger partial charge in [0.25, 0.3) is 5.95 Å². The molecule has 0 amide bonds. The molecule has 5 aromatic rings. The van der Waals surface area contributed by atoms with Gasteiger partial charge in [0.2, 0.25) is 0 Å². The van der Waals surface area contributed by atoms with Crippen molar-refractivity contribution in [3.8, 4) is 11.8 Å². The summed E-state index contributed by atoms with van der Waals surface area (Å²) >= 11 is 0. The number of aromatic amines is 1. The maximum atomic E-state index is 12.7. The highest BCUT2D eigenvalue weighted by atomic mass is 16.5. The molecule has 4 heterocycles. The molecular weight excluding hydrogens is 508 g/mol. The van der Waals surface area contributed by atoms with E-state index in [2.05, 4.69) is 31.3 Å². The fraction of sp³-hybridized carbons (Fsp3) is 0.241. The van der Waals surface area contributed by atoms with Crippen LogP contribution in [0.5, 0.6) is 5.75 Å². The normalized spacial score (nSPS) is 14.2. The lowest BCUT2D eigenvalue weighted by molar-refractivity contribution is 0.0469. The number of phenolic OH excluding ortho intramolecular Hbond substituents is 1. The van der Waals surface area contributed by atoms with Crippen molar-refractivity contribution in [3.05, 3.63) is 78.1 Å². The number of pyridine rings is 1. The molecule has 0 aliphatic carbocycles. The van der Waals surface area contributed by atoms with Crippen LogP contribution < -0.4 is 5.01 Å². The molecule has 0 unspecified atom stereocenters. The molecule has 11 heteroatoms. The van der Waals surface area contributed by atoms with E-state index in [1.165, 1.54) is 12.1 Å². The van der Waals surface area contributed by atoms with Crippen LogP contribution in [-0.2, 0) is 11.3 Å². The number of nitriles is 1. The van der Waals surface area contributed by atoms with E-state index >= 15 is 0 Å². The number of benzene rings is 2. The number of ether oxygens (including phenoxy) is 1. The van der Waals surface area contributed by atoms with Crippen molar-refractivity contribution < 1.29 is 14.6 Å². The van der Waals surface area contributed by atoms with E-state index in [-0.39, 0.29) is 17.9 Å². The van der Waals surface area contributed by atoms with Gasteiger partial charge in [-0.1, -0.05) is 30.3 Å². The van der Waals surface area contributed by atoms with Gasteiger partial charge in [0, 0.05) is 31.1 Å². The van der Waals surface area contributed by atoms with Gasteiger partial charge in [-0.15, -0.1) is 10.2 Å². The van der Waals surface area contributed by atoms with Gasteiger partial charge in [0.1, 0.15) is 34.6 Å². The first-order valence-electron chi connectivity index (χ1n) is 13.0. The van der Waals surface area contributed by atoms with E-state index in [9.17, 15) is 9.90 Å². The van der Waals surface area contributed by atoms with Crippen molar-refractivity contribution in [2.75, 3.05) is 18.1 Å². The number of carbonyl (C=O) groups excluding carboxylic acids is 1. The van der Waals surface area contributed by atoms with Crippen LogP contribution in [0.2, 0.25) is 0 Å². The molecular formula is C29H26N8O3. The van der Waals surface area contributed by atoms with Gasteiger partial charge in [-0.25, -0.2) is 19.4 Å². The Morgan fingerprint density at radius 2 is 1.98 bits per heavy atom. The number of aromatic nitrogens is 4. The summed E-state index contributed by atoms with van der Waals surface area (Å²) in [6.07, 6.45) is 5.86. The predicted molar refractivity (Wildman–Crippen MR) is 148 cm³/mol. The number of piperidine rings is 1. The van der Waals surface area contributed by atoms with Crippen molar-refractivity contribution in [3.63, 3.8) is 0 Å². The highest BCUT2D eigenvalue weighted by Crippen LogP contribution is 2.32. The van der Waals surface area contributed by atoms with Crippen LogP contribution in [0.15, 0.2) is 77.2 Å². The molecule has 3 aromatic heterocycles. The summed E-state index contributed by atoms with van der Waals surface area (Å²) in [5.74, 6) is -0.130. The summed E-state index contributed by atoms with van der Waals surface area (Å²) in [6, 6.07) is 18.0. The van der Waals surface area contributed by atoms with E-state index in [1.807, 2.05) is 47.3 Å². The largest absolute Gasteiger partial charge is 0.507 e. The molecule has 0 bridgehead atoms. The maximum absolute atomic E-state index is 12.7. The van der Waals surface area contributed by atoms with Gasteiger partial charge < -0.3 is 19.8 Å². The minimum Gasteiger partial charge on any atom is -0.507 e. The molecule has 1 saturated heterocycles. The lowest BCUT2D eigenvalue weighted by Gasteiger charge is -2.33. The van der Waals surface area contributed by atoms with Gasteiger partial charge in [0.05, 0.1) is 18.0 Å². The Balaban J connectivity index is 1.31. The summed E-state index contributed by atoms with van der Waals surface area (Å²) in [4.78, 5) is 25.0. The number of phenols is 1. The Kier molecular flexibility index (Phi) is 6.80. The van der Waals surface area contributed by atoms with Crippen LogP contribution in [0.1, 0.15) is 35.2 Å². The minimum absolute atomic E-state index is 0.00122. The zero-order valence-electron chi connectivity index (χ0n) is 21.6. The predicted octanol–water partition coefficient (Wildman–Crippen LogP) is 5.65. The number of azo groups is 1. The number of rotatable bonds is 7. The Labute approximate surface area is 229 Å². The fourth-order valence-electron chi connectivity index (χ4n) is 4.98. The van der Waals surface area contributed by atoms with Crippen molar-refractivity contribution >= 4 is 39.7 Å². The van der Waals surface area contributed by atoms with Crippen LogP contribution in [0.3, 0.4) is 0 Å². The van der Waals surface area contributed by atoms with Gasteiger partial charge >= 0.3 is 5.97 Å².